The summed E-state index contributed by atoms with van der Waals surface area (Å²) < 4.78 is 25.2. The first kappa shape index (κ1) is 19.1. The molecule has 1 aliphatic heterocycles. The second-order valence-electron chi connectivity index (χ2n) is 6.73. The van der Waals surface area contributed by atoms with Gasteiger partial charge in [0.25, 0.3) is 5.91 Å². The zero-order chi connectivity index (χ0) is 20.8. The molecule has 9 heteroatoms. The predicted octanol–water partition coefficient (Wildman–Crippen LogP) is 2.54. The summed E-state index contributed by atoms with van der Waals surface area (Å²) in [6.45, 7) is 3.46. The van der Waals surface area contributed by atoms with Gasteiger partial charge in [0, 0.05) is 29.0 Å². The highest BCUT2D eigenvalue weighted by molar-refractivity contribution is 7.14. The highest BCUT2D eigenvalue weighted by Crippen LogP contribution is 2.38. The van der Waals surface area contributed by atoms with Crippen molar-refractivity contribution in [3.8, 4) is 28.8 Å². The number of aromatic nitrogens is 2. The van der Waals surface area contributed by atoms with Crippen LogP contribution in [0.15, 0.2) is 22.7 Å². The van der Waals surface area contributed by atoms with Crippen LogP contribution in [0.3, 0.4) is 0 Å². The second kappa shape index (κ2) is 6.99. The van der Waals surface area contributed by atoms with Crippen LogP contribution in [0.1, 0.15) is 38.6 Å². The number of hydrogen-bond donors (Lipinski definition) is 2. The number of thiazole rings is 1. The number of nitrogens with two attached hydrogens (primary N) is 1. The molecule has 7 nitrogen and oxygen atoms in total. The van der Waals surface area contributed by atoms with Crippen LogP contribution in [0.2, 0.25) is 0 Å². The van der Waals surface area contributed by atoms with Crippen LogP contribution >= 0.6 is 11.3 Å². The summed E-state index contributed by atoms with van der Waals surface area (Å²) in [4.78, 5) is 16.6. The van der Waals surface area contributed by atoms with Gasteiger partial charge in [-0.3, -0.25) is 4.79 Å². The summed E-state index contributed by atoms with van der Waals surface area (Å²) in [5, 5.41) is 14.5. The number of fused-ring (bicyclic) bond motifs is 3. The molecule has 1 amide bonds. The number of primary amides is 1. The van der Waals surface area contributed by atoms with E-state index in [1.807, 2.05) is 0 Å². The predicted molar refractivity (Wildman–Crippen MR) is 103 cm³/mol. The number of carbonyl (C=O) groups excluding carboxylic acids is 1. The Morgan fingerprint density at radius 3 is 2.90 bits per heavy atom. The maximum Gasteiger partial charge on any atom is 0.277 e. The van der Waals surface area contributed by atoms with Gasteiger partial charge in [0.1, 0.15) is 23.0 Å². The molecule has 29 heavy (non-hydrogen) atoms. The number of nitrogens with zero attached hydrogens (tertiary/aromatic N) is 2. The Hall–Kier alpha value is -3.22. The fourth-order valence-corrected chi connectivity index (χ4v) is 3.80. The van der Waals surface area contributed by atoms with E-state index in [0.29, 0.717) is 35.8 Å². The molecule has 0 spiro atoms. The summed E-state index contributed by atoms with van der Waals surface area (Å²) in [6, 6.07) is 4.28. The summed E-state index contributed by atoms with van der Waals surface area (Å²) in [6.07, 6.45) is 0.526. The van der Waals surface area contributed by atoms with Gasteiger partial charge in [-0.2, -0.15) is 0 Å². The van der Waals surface area contributed by atoms with Gasteiger partial charge in [-0.1, -0.05) is 17.0 Å². The number of benzene rings is 1. The van der Waals surface area contributed by atoms with E-state index in [1.54, 1.807) is 13.0 Å². The molecular formula is C20H16FN3O4S. The summed E-state index contributed by atoms with van der Waals surface area (Å²) in [5.74, 6) is 4.91. The van der Waals surface area contributed by atoms with Crippen molar-refractivity contribution in [2.45, 2.75) is 25.9 Å². The zero-order valence-corrected chi connectivity index (χ0v) is 16.4. The smallest absolute Gasteiger partial charge is 0.277 e. The third kappa shape index (κ3) is 3.60. The maximum absolute atomic E-state index is 14.6. The molecular weight excluding hydrogens is 397 g/mol. The molecule has 0 fully saturated rings. The highest BCUT2D eigenvalue weighted by atomic mass is 32.1. The van der Waals surface area contributed by atoms with E-state index < -0.39 is 17.3 Å². The first-order chi connectivity index (χ1) is 13.7. The van der Waals surface area contributed by atoms with Crippen molar-refractivity contribution >= 4 is 17.2 Å². The average Bonchev–Trinajstić information content (AvgIpc) is 3.25. The van der Waals surface area contributed by atoms with Crippen LogP contribution < -0.4 is 10.5 Å². The van der Waals surface area contributed by atoms with E-state index in [1.165, 1.54) is 30.4 Å². The lowest BCUT2D eigenvalue weighted by molar-refractivity contribution is 0.0999. The Balaban J connectivity index is 1.79. The van der Waals surface area contributed by atoms with Crippen molar-refractivity contribution in [1.29, 1.82) is 0 Å². The normalized spacial score (nSPS) is 14.5. The minimum atomic E-state index is -1.63. The largest absolute Gasteiger partial charge is 0.492 e. The molecule has 3 aromatic rings. The number of carbonyl (C=O) groups is 1. The molecule has 148 valence electrons. The molecule has 0 unspecified atom stereocenters. The SMILES string of the molecule is Cc1cc([C@](C)(O)C#Cc2cc3c(cc2F)OCCc2sc(C(N)=O)nc2-3)no1. The van der Waals surface area contributed by atoms with Crippen LogP contribution in [0.25, 0.3) is 11.3 Å². The third-order valence-electron chi connectivity index (χ3n) is 4.39. The molecule has 0 bridgehead atoms. The van der Waals surface area contributed by atoms with E-state index in [2.05, 4.69) is 22.0 Å². The number of halogens is 1. The Bertz CT molecular complexity index is 1190. The van der Waals surface area contributed by atoms with Gasteiger partial charge in [0.15, 0.2) is 10.6 Å². The highest BCUT2D eigenvalue weighted by Gasteiger charge is 2.26. The quantitative estimate of drug-likeness (QED) is 0.625. The van der Waals surface area contributed by atoms with Crippen molar-refractivity contribution in [1.82, 2.24) is 10.1 Å². The van der Waals surface area contributed by atoms with Gasteiger partial charge in [-0.15, -0.1) is 11.3 Å². The van der Waals surface area contributed by atoms with Crippen molar-refractivity contribution < 1.29 is 23.6 Å². The van der Waals surface area contributed by atoms with Crippen molar-refractivity contribution in [2.24, 2.45) is 5.73 Å². The monoisotopic (exact) mass is 413 g/mol. The number of aryl methyl sites for hydroxylation is 1. The number of ether oxygens (including phenoxy) is 1. The topological polar surface area (TPSA) is 111 Å². The lowest BCUT2D eigenvalue weighted by Gasteiger charge is -2.12. The molecule has 3 N–H and O–H groups in total. The van der Waals surface area contributed by atoms with Gasteiger partial charge in [-0.25, -0.2) is 9.37 Å². The van der Waals surface area contributed by atoms with Crippen LogP contribution in [0, 0.1) is 24.6 Å². The zero-order valence-electron chi connectivity index (χ0n) is 15.6. The molecule has 1 atom stereocenters. The lowest BCUT2D eigenvalue weighted by atomic mass is 10.0. The molecule has 0 aliphatic carbocycles. The Labute approximate surface area is 169 Å². The Kier molecular flexibility index (Phi) is 4.61. The number of amides is 1. The van der Waals surface area contributed by atoms with Gasteiger partial charge in [0.05, 0.1) is 17.9 Å². The van der Waals surface area contributed by atoms with Crippen LogP contribution in [-0.2, 0) is 12.0 Å². The van der Waals surface area contributed by atoms with E-state index in [0.717, 1.165) is 4.88 Å². The Morgan fingerprint density at radius 2 is 2.21 bits per heavy atom. The average molecular weight is 413 g/mol. The molecule has 2 aromatic heterocycles. The summed E-state index contributed by atoms with van der Waals surface area (Å²) >= 11 is 1.19. The first-order valence-corrected chi connectivity index (χ1v) is 9.52. The molecule has 1 aliphatic rings. The van der Waals surface area contributed by atoms with Gasteiger partial charge in [-0.05, 0) is 19.9 Å². The van der Waals surface area contributed by atoms with E-state index in [4.69, 9.17) is 15.0 Å². The molecule has 0 saturated heterocycles. The first-order valence-electron chi connectivity index (χ1n) is 8.70. The van der Waals surface area contributed by atoms with Crippen LogP contribution in [0.5, 0.6) is 5.75 Å². The summed E-state index contributed by atoms with van der Waals surface area (Å²) in [7, 11) is 0. The van der Waals surface area contributed by atoms with Gasteiger partial charge >= 0.3 is 0 Å². The lowest BCUT2D eigenvalue weighted by Crippen LogP contribution is -2.18. The molecule has 0 saturated carbocycles. The maximum atomic E-state index is 14.6. The number of rotatable bonds is 2. The van der Waals surface area contributed by atoms with Crippen molar-refractivity contribution in [3.63, 3.8) is 0 Å². The van der Waals surface area contributed by atoms with E-state index >= 15 is 0 Å². The fraction of sp³-hybridized carbons (Fsp3) is 0.250. The Morgan fingerprint density at radius 1 is 1.41 bits per heavy atom. The third-order valence-corrected chi connectivity index (χ3v) is 5.52. The molecule has 4 rings (SSSR count). The second-order valence-corrected chi connectivity index (χ2v) is 7.81. The standard InChI is InChI=1S/C20H16FN3O4S/c1-10-7-16(24-28-10)20(2,26)5-3-11-8-12-14(9-13(11)21)27-6-4-15-17(12)23-19(29-15)18(22)25/h7-9,26H,4,6H2,1-2H3,(H2,22,25)/t20-/m1/s1. The van der Waals surface area contributed by atoms with E-state index in [9.17, 15) is 14.3 Å². The van der Waals surface area contributed by atoms with Crippen molar-refractivity contribution in [2.75, 3.05) is 6.61 Å². The van der Waals surface area contributed by atoms with Crippen LogP contribution in [0.4, 0.5) is 4.39 Å². The minimum Gasteiger partial charge on any atom is -0.492 e. The fourth-order valence-electron chi connectivity index (χ4n) is 2.89. The minimum absolute atomic E-state index is 0.0503. The van der Waals surface area contributed by atoms with Crippen molar-refractivity contribution in [3.05, 3.63) is 50.9 Å². The van der Waals surface area contributed by atoms with E-state index in [-0.39, 0.29) is 16.3 Å². The molecule has 1 aromatic carbocycles. The van der Waals surface area contributed by atoms with Crippen LogP contribution in [-0.4, -0.2) is 27.8 Å². The molecule has 0 radical (unpaired) electrons. The number of hydrogen-bond acceptors (Lipinski definition) is 7. The summed E-state index contributed by atoms with van der Waals surface area (Å²) in [5.41, 5.74) is 5.04. The van der Waals surface area contributed by atoms with Gasteiger partial charge in [0.2, 0.25) is 0 Å². The number of aliphatic hydroxyl groups is 1. The van der Waals surface area contributed by atoms with Gasteiger partial charge < -0.3 is 20.1 Å². The molecule has 3 heterocycles.